The number of nitrogens with one attached hydrogen (secondary N) is 2. The third-order valence-corrected chi connectivity index (χ3v) is 4.06. The number of rotatable bonds is 10. The predicted octanol–water partition coefficient (Wildman–Crippen LogP) is 1.39. The van der Waals surface area contributed by atoms with Gasteiger partial charge in [-0.05, 0) is 25.5 Å². The van der Waals surface area contributed by atoms with Crippen molar-refractivity contribution in [2.45, 2.75) is 20.0 Å². The summed E-state index contributed by atoms with van der Waals surface area (Å²) >= 11 is 0. The van der Waals surface area contributed by atoms with Crippen LogP contribution in [0.4, 0.5) is 5.82 Å². The standard InChI is InChI=1S/C18H24N6O3/c1-3-21-24-15(10-26-2)23-16-17(24)13-6-5-12(9-14(13)22-18(16)19)27-8-4-7-20-11-25/h5-6,9,11,21H,3-4,7-8,10H2,1-2H3,(H2,19,22)(H,20,25). The lowest BCUT2D eigenvalue weighted by atomic mass is 10.2. The van der Waals surface area contributed by atoms with Crippen LogP contribution in [0.25, 0.3) is 21.9 Å². The molecule has 0 unspecified atom stereocenters. The van der Waals surface area contributed by atoms with Gasteiger partial charge in [-0.2, -0.15) is 0 Å². The number of carbonyl (C=O) groups is 1. The Morgan fingerprint density at radius 3 is 2.93 bits per heavy atom. The summed E-state index contributed by atoms with van der Waals surface area (Å²) in [5, 5.41) is 3.53. The van der Waals surface area contributed by atoms with Crippen molar-refractivity contribution in [3.05, 3.63) is 24.0 Å². The first kappa shape index (κ1) is 18.7. The van der Waals surface area contributed by atoms with Gasteiger partial charge in [0.15, 0.2) is 11.6 Å². The molecule has 0 atom stereocenters. The number of fused-ring (bicyclic) bond motifs is 3. The van der Waals surface area contributed by atoms with E-state index in [1.165, 1.54) is 0 Å². The molecule has 144 valence electrons. The van der Waals surface area contributed by atoms with Crippen LogP contribution in [0.5, 0.6) is 5.75 Å². The van der Waals surface area contributed by atoms with Crippen LogP contribution >= 0.6 is 0 Å². The molecule has 3 aromatic rings. The van der Waals surface area contributed by atoms with Gasteiger partial charge in [-0.1, -0.05) is 0 Å². The van der Waals surface area contributed by atoms with Crippen LogP contribution in [0.3, 0.4) is 0 Å². The normalized spacial score (nSPS) is 11.0. The van der Waals surface area contributed by atoms with Crippen molar-refractivity contribution < 1.29 is 14.3 Å². The van der Waals surface area contributed by atoms with Crippen LogP contribution in [-0.2, 0) is 16.1 Å². The molecule has 3 rings (SSSR count). The Bertz CT molecular complexity index is 940. The van der Waals surface area contributed by atoms with Gasteiger partial charge in [-0.25, -0.2) is 14.6 Å². The zero-order valence-electron chi connectivity index (χ0n) is 15.5. The minimum Gasteiger partial charge on any atom is -0.493 e. The van der Waals surface area contributed by atoms with Crippen molar-refractivity contribution >= 4 is 34.2 Å². The highest BCUT2D eigenvalue weighted by Crippen LogP contribution is 2.30. The van der Waals surface area contributed by atoms with E-state index in [0.717, 1.165) is 35.2 Å². The Morgan fingerprint density at radius 2 is 2.19 bits per heavy atom. The number of anilines is 1. The number of carbonyl (C=O) groups excluding carboxylic acids is 1. The Labute approximate surface area is 156 Å². The maximum Gasteiger partial charge on any atom is 0.207 e. The molecule has 0 radical (unpaired) electrons. The van der Waals surface area contributed by atoms with Crippen molar-refractivity contribution in [3.8, 4) is 5.75 Å². The average Bonchev–Trinajstić information content (AvgIpc) is 3.01. The van der Waals surface area contributed by atoms with Gasteiger partial charge in [0.25, 0.3) is 0 Å². The number of hydrogen-bond acceptors (Lipinski definition) is 7. The molecule has 0 fully saturated rings. The van der Waals surface area contributed by atoms with E-state index in [-0.39, 0.29) is 0 Å². The second-order valence-electron chi connectivity index (χ2n) is 5.96. The molecule has 0 aliphatic carbocycles. The zero-order chi connectivity index (χ0) is 19.2. The molecule has 4 N–H and O–H groups in total. The van der Waals surface area contributed by atoms with Crippen molar-refractivity contribution in [3.63, 3.8) is 0 Å². The Morgan fingerprint density at radius 1 is 1.33 bits per heavy atom. The van der Waals surface area contributed by atoms with Gasteiger partial charge >= 0.3 is 0 Å². The highest BCUT2D eigenvalue weighted by Gasteiger charge is 2.17. The number of imidazole rings is 1. The highest BCUT2D eigenvalue weighted by atomic mass is 16.5. The van der Waals surface area contributed by atoms with Gasteiger partial charge in [-0.15, -0.1) is 0 Å². The summed E-state index contributed by atoms with van der Waals surface area (Å²) in [7, 11) is 1.63. The van der Waals surface area contributed by atoms with Crippen molar-refractivity contribution in [2.24, 2.45) is 0 Å². The van der Waals surface area contributed by atoms with Crippen LogP contribution in [0.2, 0.25) is 0 Å². The largest absolute Gasteiger partial charge is 0.493 e. The molecule has 0 spiro atoms. The topological polar surface area (TPSA) is 116 Å². The minimum atomic E-state index is 0.360. The zero-order valence-corrected chi connectivity index (χ0v) is 15.5. The predicted molar refractivity (Wildman–Crippen MR) is 104 cm³/mol. The lowest BCUT2D eigenvalue weighted by Gasteiger charge is -2.12. The number of hydrogen-bond donors (Lipinski definition) is 3. The quantitative estimate of drug-likeness (QED) is 0.364. The summed E-state index contributed by atoms with van der Waals surface area (Å²) in [6.07, 6.45) is 1.40. The van der Waals surface area contributed by atoms with Gasteiger partial charge in [0.1, 0.15) is 23.4 Å². The maximum atomic E-state index is 10.2. The third kappa shape index (κ3) is 3.87. The van der Waals surface area contributed by atoms with Crippen LogP contribution in [0.1, 0.15) is 19.2 Å². The summed E-state index contributed by atoms with van der Waals surface area (Å²) in [6.45, 7) is 4.17. The van der Waals surface area contributed by atoms with E-state index in [1.807, 2.05) is 29.8 Å². The van der Waals surface area contributed by atoms with E-state index < -0.39 is 0 Å². The van der Waals surface area contributed by atoms with Crippen LogP contribution in [0, 0.1) is 0 Å². The first-order chi connectivity index (χ1) is 13.2. The fourth-order valence-corrected chi connectivity index (χ4v) is 2.95. The van der Waals surface area contributed by atoms with E-state index in [4.69, 9.17) is 15.2 Å². The second kappa shape index (κ2) is 8.54. The first-order valence-electron chi connectivity index (χ1n) is 8.82. The highest BCUT2D eigenvalue weighted by molar-refractivity contribution is 6.07. The molecule has 0 aliphatic rings. The SMILES string of the molecule is CCNn1c(COC)nc2c(N)nc3cc(OCCCNC=O)ccc3c21. The van der Waals surface area contributed by atoms with Crippen LogP contribution in [0.15, 0.2) is 18.2 Å². The molecule has 0 saturated heterocycles. The lowest BCUT2D eigenvalue weighted by molar-refractivity contribution is -0.109. The summed E-state index contributed by atoms with van der Waals surface area (Å²) in [5.74, 6) is 1.80. The smallest absolute Gasteiger partial charge is 0.207 e. The van der Waals surface area contributed by atoms with Crippen LogP contribution < -0.4 is 21.2 Å². The van der Waals surface area contributed by atoms with E-state index in [2.05, 4.69) is 20.7 Å². The van der Waals surface area contributed by atoms with E-state index >= 15 is 0 Å². The van der Waals surface area contributed by atoms with E-state index in [0.29, 0.717) is 43.3 Å². The number of ether oxygens (including phenoxy) is 2. The monoisotopic (exact) mass is 372 g/mol. The number of nitrogens with two attached hydrogens (primary N) is 1. The number of amides is 1. The molecule has 0 saturated carbocycles. The fraction of sp³-hybridized carbons (Fsp3) is 0.389. The molecule has 2 heterocycles. The minimum absolute atomic E-state index is 0.360. The van der Waals surface area contributed by atoms with E-state index in [9.17, 15) is 4.79 Å². The van der Waals surface area contributed by atoms with Crippen LogP contribution in [-0.4, -0.2) is 47.9 Å². The molecule has 27 heavy (non-hydrogen) atoms. The Kier molecular flexibility index (Phi) is 5.92. The number of benzene rings is 1. The number of nitrogens with zero attached hydrogens (tertiary/aromatic N) is 3. The molecular weight excluding hydrogens is 348 g/mol. The van der Waals surface area contributed by atoms with Gasteiger partial charge in [0.05, 0.1) is 12.1 Å². The number of aromatic nitrogens is 3. The molecule has 1 amide bonds. The number of nitrogen functional groups attached to an aromatic ring is 1. The van der Waals surface area contributed by atoms with Crippen molar-refractivity contribution in [2.75, 3.05) is 38.0 Å². The maximum absolute atomic E-state index is 10.2. The number of methoxy groups -OCH3 is 1. The molecule has 1 aromatic carbocycles. The Balaban J connectivity index is 1.99. The van der Waals surface area contributed by atoms with Crippen molar-refractivity contribution in [1.29, 1.82) is 0 Å². The first-order valence-corrected chi connectivity index (χ1v) is 8.82. The van der Waals surface area contributed by atoms with Gasteiger partial charge in [0.2, 0.25) is 6.41 Å². The Hall–Kier alpha value is -3.07. The summed E-state index contributed by atoms with van der Waals surface area (Å²) in [4.78, 5) is 19.3. The molecule has 0 aliphatic heterocycles. The third-order valence-electron chi connectivity index (χ3n) is 4.06. The van der Waals surface area contributed by atoms with Gasteiger partial charge < -0.3 is 25.9 Å². The second-order valence-corrected chi connectivity index (χ2v) is 5.96. The van der Waals surface area contributed by atoms with Gasteiger partial charge in [-0.3, -0.25) is 4.79 Å². The van der Waals surface area contributed by atoms with E-state index in [1.54, 1.807) is 7.11 Å². The van der Waals surface area contributed by atoms with Gasteiger partial charge in [0, 0.05) is 31.7 Å². The molecular formula is C18H24N6O3. The molecule has 9 heteroatoms. The average molecular weight is 372 g/mol. The van der Waals surface area contributed by atoms with Crippen molar-refractivity contribution in [1.82, 2.24) is 20.0 Å². The molecule has 0 bridgehead atoms. The summed E-state index contributed by atoms with van der Waals surface area (Å²) in [6, 6.07) is 5.71. The summed E-state index contributed by atoms with van der Waals surface area (Å²) < 4.78 is 12.9. The number of pyridine rings is 1. The molecule has 9 nitrogen and oxygen atoms in total. The summed E-state index contributed by atoms with van der Waals surface area (Å²) in [5.41, 5.74) is 11.7. The lowest BCUT2D eigenvalue weighted by Crippen LogP contribution is -2.17. The fourth-order valence-electron chi connectivity index (χ4n) is 2.95. The molecule has 2 aromatic heterocycles.